The Morgan fingerprint density at radius 1 is 1.28 bits per heavy atom. The van der Waals surface area contributed by atoms with Crippen LogP contribution in [0, 0.1) is 12.8 Å². The molecule has 1 fully saturated rings. The monoisotopic (exact) mass is 359 g/mol. The van der Waals surface area contributed by atoms with Crippen molar-refractivity contribution in [2.24, 2.45) is 5.92 Å². The minimum atomic E-state index is -0.740. The highest BCUT2D eigenvalue weighted by Crippen LogP contribution is 2.25. The maximum absolute atomic E-state index is 12.2. The third-order valence-corrected chi connectivity index (χ3v) is 5.16. The van der Waals surface area contributed by atoms with Gasteiger partial charge < -0.3 is 10.4 Å². The normalized spacial score (nSPS) is 15.9. The van der Waals surface area contributed by atoms with Crippen molar-refractivity contribution >= 4 is 28.3 Å². The third-order valence-electron chi connectivity index (χ3n) is 4.40. The summed E-state index contributed by atoms with van der Waals surface area (Å²) in [5, 5.41) is 14.4. The number of amides is 1. The first-order chi connectivity index (χ1) is 12.0. The number of nitrogens with zero attached hydrogens (tertiary/aromatic N) is 2. The molecule has 1 aliphatic heterocycles. The van der Waals surface area contributed by atoms with Crippen molar-refractivity contribution in [2.75, 3.05) is 25.0 Å². The number of aryl methyl sites for hydroxylation is 1. The van der Waals surface area contributed by atoms with E-state index in [9.17, 15) is 9.59 Å². The number of aliphatic carboxylic acids is 1. The summed E-state index contributed by atoms with van der Waals surface area (Å²) in [5.74, 6) is -1.13. The highest BCUT2D eigenvalue weighted by Gasteiger charge is 2.25. The van der Waals surface area contributed by atoms with Gasteiger partial charge in [0.05, 0.1) is 18.2 Å². The van der Waals surface area contributed by atoms with E-state index >= 15 is 0 Å². The molecule has 3 rings (SSSR count). The van der Waals surface area contributed by atoms with Gasteiger partial charge in [0.25, 0.3) is 0 Å². The molecule has 1 aromatic heterocycles. The lowest BCUT2D eigenvalue weighted by atomic mass is 9.97. The first kappa shape index (κ1) is 17.6. The molecule has 6 nitrogen and oxygen atoms in total. The molecule has 0 spiro atoms. The first-order valence-electron chi connectivity index (χ1n) is 8.29. The Balaban J connectivity index is 1.52. The summed E-state index contributed by atoms with van der Waals surface area (Å²) in [7, 11) is 0. The second kappa shape index (κ2) is 7.76. The molecule has 7 heteroatoms. The number of hydrogen-bond donors (Lipinski definition) is 2. The van der Waals surface area contributed by atoms with Gasteiger partial charge in [-0.3, -0.25) is 14.5 Å². The van der Waals surface area contributed by atoms with Gasteiger partial charge in [-0.15, -0.1) is 11.3 Å². The Morgan fingerprint density at radius 2 is 1.96 bits per heavy atom. The fraction of sp³-hybridized carbons (Fsp3) is 0.389. The predicted molar refractivity (Wildman–Crippen MR) is 97.7 cm³/mol. The largest absolute Gasteiger partial charge is 0.481 e. The zero-order valence-electron chi connectivity index (χ0n) is 14.1. The Morgan fingerprint density at radius 3 is 2.60 bits per heavy atom. The molecule has 1 saturated heterocycles. The fourth-order valence-electron chi connectivity index (χ4n) is 2.89. The van der Waals surface area contributed by atoms with Gasteiger partial charge in [-0.25, -0.2) is 4.98 Å². The molecule has 2 aromatic rings. The zero-order chi connectivity index (χ0) is 17.8. The summed E-state index contributed by atoms with van der Waals surface area (Å²) >= 11 is 1.40. The molecule has 1 aliphatic rings. The number of anilines is 1. The molecule has 0 saturated carbocycles. The van der Waals surface area contributed by atoms with Crippen LogP contribution in [-0.4, -0.2) is 46.5 Å². The Labute approximate surface area is 150 Å². The molecule has 1 amide bonds. The zero-order valence-corrected chi connectivity index (χ0v) is 14.9. The fourth-order valence-corrected chi connectivity index (χ4v) is 3.62. The van der Waals surface area contributed by atoms with Crippen molar-refractivity contribution in [1.82, 2.24) is 9.88 Å². The van der Waals surface area contributed by atoms with E-state index in [-0.39, 0.29) is 18.4 Å². The van der Waals surface area contributed by atoms with Crippen molar-refractivity contribution < 1.29 is 14.7 Å². The van der Waals surface area contributed by atoms with Crippen LogP contribution in [-0.2, 0) is 9.59 Å². The number of carbonyl (C=O) groups excluding carboxylic acids is 1. The molecule has 0 unspecified atom stereocenters. The van der Waals surface area contributed by atoms with Crippen LogP contribution < -0.4 is 5.32 Å². The predicted octanol–water partition coefficient (Wildman–Crippen LogP) is 2.85. The molecule has 0 bridgehead atoms. The Kier molecular flexibility index (Phi) is 5.45. The van der Waals surface area contributed by atoms with Gasteiger partial charge in [0, 0.05) is 10.9 Å². The molecule has 2 heterocycles. The van der Waals surface area contributed by atoms with E-state index in [0.29, 0.717) is 31.1 Å². The van der Waals surface area contributed by atoms with Crippen LogP contribution in [0.15, 0.2) is 29.6 Å². The molecule has 0 aliphatic carbocycles. The molecule has 0 radical (unpaired) electrons. The van der Waals surface area contributed by atoms with E-state index in [2.05, 4.69) is 10.3 Å². The van der Waals surface area contributed by atoms with E-state index in [1.165, 1.54) is 16.9 Å². The molecule has 25 heavy (non-hydrogen) atoms. The van der Waals surface area contributed by atoms with Gasteiger partial charge in [-0.1, -0.05) is 29.8 Å². The topological polar surface area (TPSA) is 82.5 Å². The summed E-state index contributed by atoms with van der Waals surface area (Å²) in [6, 6.07) is 8.10. The van der Waals surface area contributed by atoms with Gasteiger partial charge in [0.2, 0.25) is 5.91 Å². The van der Waals surface area contributed by atoms with Gasteiger partial charge in [-0.2, -0.15) is 0 Å². The summed E-state index contributed by atoms with van der Waals surface area (Å²) in [6.45, 7) is 3.58. The van der Waals surface area contributed by atoms with Crippen LogP contribution in [0.25, 0.3) is 11.3 Å². The molecular formula is C18H21N3O3S. The molecule has 2 N–H and O–H groups in total. The van der Waals surface area contributed by atoms with Crippen molar-refractivity contribution in [3.05, 3.63) is 35.2 Å². The highest BCUT2D eigenvalue weighted by molar-refractivity contribution is 7.14. The number of carboxylic acid groups (broad SMARTS) is 1. The SMILES string of the molecule is Cc1ccc(-c2csc(NC(=O)CN3CCC(C(=O)O)CC3)n2)cc1. The number of carbonyl (C=O) groups is 2. The maximum atomic E-state index is 12.2. The third kappa shape index (κ3) is 4.64. The summed E-state index contributed by atoms with van der Waals surface area (Å²) in [4.78, 5) is 29.6. The molecule has 132 valence electrons. The Hall–Kier alpha value is -2.25. The lowest BCUT2D eigenvalue weighted by molar-refractivity contribution is -0.143. The van der Waals surface area contributed by atoms with Gasteiger partial charge >= 0.3 is 5.97 Å². The van der Waals surface area contributed by atoms with Crippen LogP contribution in [0.1, 0.15) is 18.4 Å². The van der Waals surface area contributed by atoms with Crippen molar-refractivity contribution in [3.63, 3.8) is 0 Å². The van der Waals surface area contributed by atoms with E-state index < -0.39 is 5.97 Å². The Bertz CT molecular complexity index is 749. The lowest BCUT2D eigenvalue weighted by Crippen LogP contribution is -2.40. The highest BCUT2D eigenvalue weighted by atomic mass is 32.1. The van der Waals surface area contributed by atoms with Gasteiger partial charge in [0.1, 0.15) is 0 Å². The summed E-state index contributed by atoms with van der Waals surface area (Å²) < 4.78 is 0. The number of benzene rings is 1. The van der Waals surface area contributed by atoms with Crippen LogP contribution in [0.2, 0.25) is 0 Å². The average molecular weight is 359 g/mol. The van der Waals surface area contributed by atoms with Crippen LogP contribution in [0.4, 0.5) is 5.13 Å². The van der Waals surface area contributed by atoms with Crippen molar-refractivity contribution in [3.8, 4) is 11.3 Å². The minimum Gasteiger partial charge on any atom is -0.481 e. The standard InChI is InChI=1S/C18H21N3O3S/c1-12-2-4-13(5-3-12)15-11-25-18(19-15)20-16(22)10-21-8-6-14(7-9-21)17(23)24/h2-5,11,14H,6-10H2,1H3,(H,23,24)(H,19,20,22). The maximum Gasteiger partial charge on any atom is 0.306 e. The van der Waals surface area contributed by atoms with E-state index in [1.54, 1.807) is 0 Å². The number of rotatable bonds is 5. The van der Waals surface area contributed by atoms with Crippen molar-refractivity contribution in [2.45, 2.75) is 19.8 Å². The number of nitrogens with one attached hydrogen (secondary N) is 1. The second-order valence-electron chi connectivity index (χ2n) is 6.34. The number of carboxylic acids is 1. The molecule has 1 aromatic carbocycles. The van der Waals surface area contributed by atoms with Crippen LogP contribution in [0.5, 0.6) is 0 Å². The van der Waals surface area contributed by atoms with Crippen LogP contribution in [0.3, 0.4) is 0 Å². The number of piperidine rings is 1. The van der Waals surface area contributed by atoms with Gasteiger partial charge in [0.15, 0.2) is 5.13 Å². The number of thiazole rings is 1. The average Bonchev–Trinajstić information content (AvgIpc) is 3.04. The molecular weight excluding hydrogens is 338 g/mol. The number of likely N-dealkylation sites (tertiary alicyclic amines) is 1. The minimum absolute atomic E-state index is 0.112. The van der Waals surface area contributed by atoms with E-state index in [4.69, 9.17) is 5.11 Å². The number of aromatic nitrogens is 1. The first-order valence-corrected chi connectivity index (χ1v) is 9.17. The molecule has 0 atom stereocenters. The van der Waals surface area contributed by atoms with Gasteiger partial charge in [-0.05, 0) is 32.9 Å². The summed E-state index contributed by atoms with van der Waals surface area (Å²) in [5.41, 5.74) is 3.07. The van der Waals surface area contributed by atoms with Crippen molar-refractivity contribution in [1.29, 1.82) is 0 Å². The second-order valence-corrected chi connectivity index (χ2v) is 7.20. The lowest BCUT2D eigenvalue weighted by Gasteiger charge is -2.29. The van der Waals surface area contributed by atoms with E-state index in [1.807, 2.05) is 41.5 Å². The summed E-state index contributed by atoms with van der Waals surface area (Å²) in [6.07, 6.45) is 1.19. The number of hydrogen-bond acceptors (Lipinski definition) is 5. The smallest absolute Gasteiger partial charge is 0.306 e. The van der Waals surface area contributed by atoms with E-state index in [0.717, 1.165) is 11.3 Å². The quantitative estimate of drug-likeness (QED) is 0.858. The van der Waals surface area contributed by atoms with Crippen LogP contribution >= 0.6 is 11.3 Å².